The highest BCUT2D eigenvalue weighted by molar-refractivity contribution is 5.32. The Morgan fingerprint density at radius 2 is 1.68 bits per heavy atom. The molecule has 1 aliphatic rings. The van der Waals surface area contributed by atoms with Crippen molar-refractivity contribution in [2.75, 3.05) is 0 Å². The zero-order valence-electron chi connectivity index (χ0n) is 10.7. The number of ether oxygens (including phenoxy) is 2. The van der Waals surface area contributed by atoms with E-state index >= 15 is 0 Å². The molecule has 1 aromatic rings. The maximum Gasteiger partial charge on any atom is 0.573 e. The molecule has 0 aliphatic heterocycles. The van der Waals surface area contributed by atoms with Gasteiger partial charge in [-0.1, -0.05) is 13.8 Å². The van der Waals surface area contributed by atoms with Crippen molar-refractivity contribution in [2.45, 2.75) is 38.8 Å². The first kappa shape index (κ1) is 14.0. The van der Waals surface area contributed by atoms with E-state index in [2.05, 4.69) is 4.74 Å². The molecule has 1 aliphatic carbocycles. The van der Waals surface area contributed by atoms with E-state index in [1.807, 2.05) is 13.8 Å². The fourth-order valence-electron chi connectivity index (χ4n) is 2.00. The molecule has 2 rings (SSSR count). The van der Waals surface area contributed by atoms with E-state index in [0.717, 1.165) is 6.42 Å². The van der Waals surface area contributed by atoms with Gasteiger partial charge >= 0.3 is 6.36 Å². The molecule has 0 bridgehead atoms. The zero-order valence-corrected chi connectivity index (χ0v) is 10.7. The Morgan fingerprint density at radius 3 is 2.11 bits per heavy atom. The summed E-state index contributed by atoms with van der Waals surface area (Å²) in [5.41, 5.74) is 5.74. The van der Waals surface area contributed by atoms with Crippen LogP contribution in [-0.2, 0) is 0 Å². The molecule has 0 saturated heterocycles. The van der Waals surface area contributed by atoms with Crippen LogP contribution in [0.4, 0.5) is 13.2 Å². The van der Waals surface area contributed by atoms with Crippen molar-refractivity contribution in [3.05, 3.63) is 24.3 Å². The van der Waals surface area contributed by atoms with Gasteiger partial charge in [-0.25, -0.2) is 0 Å². The van der Waals surface area contributed by atoms with Gasteiger partial charge in [0.25, 0.3) is 0 Å². The fourth-order valence-corrected chi connectivity index (χ4v) is 2.00. The van der Waals surface area contributed by atoms with Gasteiger partial charge in [0.2, 0.25) is 0 Å². The van der Waals surface area contributed by atoms with Gasteiger partial charge < -0.3 is 15.2 Å². The summed E-state index contributed by atoms with van der Waals surface area (Å²) in [7, 11) is 0. The normalized spacial score (nSPS) is 25.6. The summed E-state index contributed by atoms with van der Waals surface area (Å²) < 4.78 is 45.5. The summed E-state index contributed by atoms with van der Waals surface area (Å²) >= 11 is 0. The first-order chi connectivity index (χ1) is 8.68. The van der Waals surface area contributed by atoms with Gasteiger partial charge in [-0.3, -0.25) is 0 Å². The van der Waals surface area contributed by atoms with E-state index in [9.17, 15) is 13.2 Å². The van der Waals surface area contributed by atoms with E-state index in [0.29, 0.717) is 5.75 Å². The van der Waals surface area contributed by atoms with E-state index < -0.39 is 6.36 Å². The third kappa shape index (κ3) is 3.12. The van der Waals surface area contributed by atoms with Crippen LogP contribution in [0.2, 0.25) is 0 Å². The minimum atomic E-state index is -4.68. The van der Waals surface area contributed by atoms with Crippen LogP contribution in [0, 0.1) is 5.41 Å². The van der Waals surface area contributed by atoms with Crippen LogP contribution in [0.5, 0.6) is 11.5 Å². The van der Waals surface area contributed by atoms with Crippen molar-refractivity contribution in [2.24, 2.45) is 11.1 Å². The van der Waals surface area contributed by atoms with E-state index in [1.54, 1.807) is 0 Å². The Bertz CT molecular complexity index is 442. The molecule has 2 atom stereocenters. The number of halogens is 3. The Hall–Kier alpha value is -1.43. The lowest BCUT2D eigenvalue weighted by molar-refractivity contribution is -0.274. The Kier molecular flexibility index (Phi) is 3.38. The van der Waals surface area contributed by atoms with Crippen LogP contribution < -0.4 is 15.2 Å². The molecule has 3 nitrogen and oxygen atoms in total. The molecule has 0 heterocycles. The molecule has 1 saturated carbocycles. The Labute approximate surface area is 109 Å². The number of hydrogen-bond donors (Lipinski definition) is 1. The SMILES string of the molecule is CC1(C)C(N)CC1Oc1ccc(OC(F)(F)F)cc1. The van der Waals surface area contributed by atoms with Gasteiger partial charge in [-0.2, -0.15) is 0 Å². The predicted octanol–water partition coefficient (Wildman–Crippen LogP) is 3.09. The van der Waals surface area contributed by atoms with Crippen molar-refractivity contribution in [3.8, 4) is 11.5 Å². The monoisotopic (exact) mass is 275 g/mol. The van der Waals surface area contributed by atoms with Crippen molar-refractivity contribution in [1.29, 1.82) is 0 Å². The molecule has 1 fully saturated rings. The van der Waals surface area contributed by atoms with Crippen LogP contribution >= 0.6 is 0 Å². The number of hydrogen-bond acceptors (Lipinski definition) is 3. The first-order valence-corrected chi connectivity index (χ1v) is 5.96. The standard InChI is InChI=1S/C13H16F3NO2/c1-12(2)10(17)7-11(12)18-8-3-5-9(6-4-8)19-13(14,15)16/h3-6,10-11H,7,17H2,1-2H3. The molecule has 2 unspecified atom stereocenters. The zero-order chi connectivity index (χ0) is 14.3. The maximum absolute atomic E-state index is 12.0. The fraction of sp³-hybridized carbons (Fsp3) is 0.538. The minimum absolute atomic E-state index is 0.0168. The molecule has 106 valence electrons. The van der Waals surface area contributed by atoms with Crippen molar-refractivity contribution < 1.29 is 22.6 Å². The van der Waals surface area contributed by atoms with Crippen molar-refractivity contribution in [1.82, 2.24) is 0 Å². The van der Waals surface area contributed by atoms with Crippen LogP contribution in [-0.4, -0.2) is 18.5 Å². The van der Waals surface area contributed by atoms with E-state index in [-0.39, 0.29) is 23.3 Å². The van der Waals surface area contributed by atoms with Crippen molar-refractivity contribution >= 4 is 0 Å². The Balaban J connectivity index is 1.96. The summed E-state index contributed by atoms with van der Waals surface area (Å²) in [6.07, 6.45) is -3.95. The van der Waals surface area contributed by atoms with Gasteiger partial charge in [0.05, 0.1) is 0 Å². The second-order valence-corrected chi connectivity index (χ2v) is 5.29. The Morgan fingerprint density at radius 1 is 1.16 bits per heavy atom. The molecule has 6 heteroatoms. The smallest absolute Gasteiger partial charge is 0.490 e. The number of rotatable bonds is 3. The molecule has 2 N–H and O–H groups in total. The van der Waals surface area contributed by atoms with Crippen LogP contribution in [0.25, 0.3) is 0 Å². The summed E-state index contributed by atoms with van der Waals surface area (Å²) in [6, 6.07) is 5.47. The molecule has 1 aromatic carbocycles. The number of alkyl halides is 3. The highest BCUT2D eigenvalue weighted by Gasteiger charge is 2.47. The quantitative estimate of drug-likeness (QED) is 0.922. The second-order valence-electron chi connectivity index (χ2n) is 5.29. The van der Waals surface area contributed by atoms with Crippen LogP contribution in [0.3, 0.4) is 0 Å². The van der Waals surface area contributed by atoms with Gasteiger partial charge in [-0.15, -0.1) is 13.2 Å². The molecule has 0 aromatic heterocycles. The third-order valence-corrected chi connectivity index (χ3v) is 3.59. The van der Waals surface area contributed by atoms with Gasteiger partial charge in [0.1, 0.15) is 17.6 Å². The van der Waals surface area contributed by atoms with Gasteiger partial charge in [0, 0.05) is 17.9 Å². The predicted molar refractivity (Wildman–Crippen MR) is 63.9 cm³/mol. The molecule has 0 spiro atoms. The van der Waals surface area contributed by atoms with E-state index in [4.69, 9.17) is 10.5 Å². The average molecular weight is 275 g/mol. The topological polar surface area (TPSA) is 44.5 Å². The maximum atomic E-state index is 12.0. The summed E-state index contributed by atoms with van der Waals surface area (Å²) in [5.74, 6) is 0.254. The third-order valence-electron chi connectivity index (χ3n) is 3.59. The van der Waals surface area contributed by atoms with Crippen molar-refractivity contribution in [3.63, 3.8) is 0 Å². The molecular weight excluding hydrogens is 259 g/mol. The average Bonchev–Trinajstić information content (AvgIpc) is 2.29. The van der Waals surface area contributed by atoms with Crippen LogP contribution in [0.15, 0.2) is 24.3 Å². The lowest BCUT2D eigenvalue weighted by atomic mass is 9.65. The minimum Gasteiger partial charge on any atom is -0.490 e. The largest absolute Gasteiger partial charge is 0.573 e. The first-order valence-electron chi connectivity index (χ1n) is 5.96. The van der Waals surface area contributed by atoms with Gasteiger partial charge in [-0.05, 0) is 24.3 Å². The lowest BCUT2D eigenvalue weighted by Gasteiger charge is -2.49. The molecule has 0 amide bonds. The number of nitrogens with two attached hydrogens (primary N) is 1. The molecule has 19 heavy (non-hydrogen) atoms. The molecule has 0 radical (unpaired) electrons. The summed E-state index contributed by atoms with van der Waals surface area (Å²) in [6.45, 7) is 4.01. The highest BCUT2D eigenvalue weighted by atomic mass is 19.4. The van der Waals surface area contributed by atoms with Crippen LogP contribution in [0.1, 0.15) is 20.3 Å². The number of benzene rings is 1. The summed E-state index contributed by atoms with van der Waals surface area (Å²) in [4.78, 5) is 0. The van der Waals surface area contributed by atoms with Gasteiger partial charge in [0.15, 0.2) is 0 Å². The second kappa shape index (κ2) is 4.59. The van der Waals surface area contributed by atoms with E-state index in [1.165, 1.54) is 24.3 Å². The lowest BCUT2D eigenvalue weighted by Crippen LogP contribution is -2.60. The summed E-state index contributed by atoms with van der Waals surface area (Å²) in [5, 5.41) is 0. The highest BCUT2D eigenvalue weighted by Crippen LogP contribution is 2.41. The molecular formula is C13H16F3NO2.